The van der Waals surface area contributed by atoms with Gasteiger partial charge in [0.2, 0.25) is 10.0 Å². The maximum absolute atomic E-state index is 11.9. The molecule has 0 radical (unpaired) electrons. The summed E-state index contributed by atoms with van der Waals surface area (Å²) in [5, 5.41) is 2.48. The summed E-state index contributed by atoms with van der Waals surface area (Å²) in [6.07, 6.45) is 2.66. The molecule has 1 amide bonds. The van der Waals surface area contributed by atoms with Crippen LogP contribution in [-0.4, -0.2) is 43.9 Å². The number of aryl methyl sites for hydroxylation is 2. The highest BCUT2D eigenvalue weighted by molar-refractivity contribution is 7.89. The van der Waals surface area contributed by atoms with E-state index in [-0.39, 0.29) is 16.3 Å². The number of aromatic nitrogens is 2. The second kappa shape index (κ2) is 8.02. The molecule has 10 heteroatoms. The summed E-state index contributed by atoms with van der Waals surface area (Å²) < 4.78 is 31.0. The highest BCUT2D eigenvalue weighted by Gasteiger charge is 2.16. The molecule has 1 aromatic heterocycles. The Balaban J connectivity index is 2.01. The lowest BCUT2D eigenvalue weighted by atomic mass is 10.2. The van der Waals surface area contributed by atoms with Gasteiger partial charge in [0.25, 0.3) is 5.91 Å². The maximum atomic E-state index is 11.9. The molecule has 0 saturated carbocycles. The Morgan fingerprint density at radius 2 is 1.88 bits per heavy atom. The van der Waals surface area contributed by atoms with Gasteiger partial charge < -0.3 is 10.1 Å². The molecule has 26 heavy (non-hydrogen) atoms. The molecule has 1 aromatic carbocycles. The van der Waals surface area contributed by atoms with E-state index in [9.17, 15) is 18.0 Å². The number of benzene rings is 1. The van der Waals surface area contributed by atoms with Crippen LogP contribution < -0.4 is 10.0 Å². The average Bonchev–Trinajstić information content (AvgIpc) is 2.61. The first-order valence-electron chi connectivity index (χ1n) is 7.53. The summed E-state index contributed by atoms with van der Waals surface area (Å²) in [6, 6.07) is 4.44. The van der Waals surface area contributed by atoms with E-state index in [0.29, 0.717) is 11.3 Å². The fraction of sp³-hybridized carbons (Fsp3) is 0.250. The summed E-state index contributed by atoms with van der Waals surface area (Å²) in [6.45, 7) is 2.82. The molecule has 0 aliphatic heterocycles. The third kappa shape index (κ3) is 4.83. The van der Waals surface area contributed by atoms with Crippen molar-refractivity contribution >= 4 is 27.6 Å². The fourth-order valence-electron chi connectivity index (χ4n) is 1.98. The van der Waals surface area contributed by atoms with Gasteiger partial charge in [0.05, 0.1) is 16.8 Å². The first-order chi connectivity index (χ1) is 12.2. The Morgan fingerprint density at radius 1 is 1.15 bits per heavy atom. The lowest BCUT2D eigenvalue weighted by Crippen LogP contribution is -2.22. The fourth-order valence-corrected chi connectivity index (χ4v) is 2.97. The van der Waals surface area contributed by atoms with Crippen molar-refractivity contribution < 1.29 is 22.7 Å². The van der Waals surface area contributed by atoms with Crippen molar-refractivity contribution in [2.75, 3.05) is 19.0 Å². The van der Waals surface area contributed by atoms with Crippen molar-refractivity contribution in [1.29, 1.82) is 0 Å². The molecule has 1 heterocycles. The zero-order valence-electron chi connectivity index (χ0n) is 14.4. The Labute approximate surface area is 150 Å². The quantitative estimate of drug-likeness (QED) is 0.712. The maximum Gasteiger partial charge on any atom is 0.359 e. The standard InChI is InChI=1S/C16H18N4O5S/c1-10-4-5-12(6-14(10)26(23,24)17-3)20-15(21)9-25-16(22)13-8-18-11(2)7-19-13/h4-8,17H,9H2,1-3H3,(H,20,21). The molecule has 0 spiro atoms. The van der Waals surface area contributed by atoms with Gasteiger partial charge in [-0.05, 0) is 38.6 Å². The van der Waals surface area contributed by atoms with Crippen LogP contribution in [0.3, 0.4) is 0 Å². The highest BCUT2D eigenvalue weighted by atomic mass is 32.2. The van der Waals surface area contributed by atoms with Gasteiger partial charge in [-0.25, -0.2) is 22.9 Å². The minimum atomic E-state index is -3.65. The van der Waals surface area contributed by atoms with Crippen LogP contribution in [0.15, 0.2) is 35.5 Å². The number of rotatable bonds is 6. The van der Waals surface area contributed by atoms with Crippen LogP contribution in [-0.2, 0) is 19.6 Å². The van der Waals surface area contributed by atoms with Gasteiger partial charge in [-0.15, -0.1) is 0 Å². The number of carbonyl (C=O) groups excluding carboxylic acids is 2. The summed E-state index contributed by atoms with van der Waals surface area (Å²) in [4.78, 5) is 31.5. The van der Waals surface area contributed by atoms with Gasteiger partial charge in [0.15, 0.2) is 12.3 Å². The van der Waals surface area contributed by atoms with E-state index in [2.05, 4.69) is 20.0 Å². The zero-order chi connectivity index (χ0) is 19.3. The number of carbonyl (C=O) groups is 2. The number of hydrogen-bond acceptors (Lipinski definition) is 7. The molecular formula is C16H18N4O5S. The molecule has 2 N–H and O–H groups in total. The normalized spacial score (nSPS) is 11.0. The van der Waals surface area contributed by atoms with Crippen molar-refractivity contribution in [3.63, 3.8) is 0 Å². The van der Waals surface area contributed by atoms with Gasteiger partial charge in [-0.3, -0.25) is 9.78 Å². The first kappa shape index (κ1) is 19.5. The van der Waals surface area contributed by atoms with Crippen molar-refractivity contribution in [3.05, 3.63) is 47.5 Å². The van der Waals surface area contributed by atoms with Gasteiger partial charge in [0, 0.05) is 11.9 Å². The Hall–Kier alpha value is -2.85. The largest absolute Gasteiger partial charge is 0.451 e. The number of nitrogens with one attached hydrogen (secondary N) is 2. The number of ether oxygens (including phenoxy) is 1. The molecule has 2 aromatic rings. The van der Waals surface area contributed by atoms with E-state index in [4.69, 9.17) is 4.74 Å². The third-order valence-electron chi connectivity index (χ3n) is 3.35. The predicted molar refractivity (Wildman–Crippen MR) is 93.1 cm³/mol. The Morgan fingerprint density at radius 3 is 2.50 bits per heavy atom. The van der Waals surface area contributed by atoms with E-state index in [1.165, 1.54) is 25.5 Å². The Bertz CT molecular complexity index is 926. The van der Waals surface area contributed by atoms with E-state index in [0.717, 1.165) is 0 Å². The van der Waals surface area contributed by atoms with Crippen LogP contribution in [0.1, 0.15) is 21.7 Å². The first-order valence-corrected chi connectivity index (χ1v) is 9.01. The number of nitrogens with zero attached hydrogens (tertiary/aromatic N) is 2. The van der Waals surface area contributed by atoms with E-state index >= 15 is 0 Å². The summed E-state index contributed by atoms with van der Waals surface area (Å²) in [5.41, 5.74) is 1.43. The number of anilines is 1. The van der Waals surface area contributed by atoms with Crippen LogP contribution in [0.2, 0.25) is 0 Å². The lowest BCUT2D eigenvalue weighted by Gasteiger charge is -2.10. The van der Waals surface area contributed by atoms with Gasteiger partial charge in [-0.2, -0.15) is 0 Å². The van der Waals surface area contributed by atoms with Gasteiger partial charge in [0.1, 0.15) is 0 Å². The summed E-state index contributed by atoms with van der Waals surface area (Å²) >= 11 is 0. The van der Waals surface area contributed by atoms with Gasteiger partial charge in [-0.1, -0.05) is 6.07 Å². The van der Waals surface area contributed by atoms with E-state index < -0.39 is 28.5 Å². The second-order valence-corrected chi connectivity index (χ2v) is 7.21. The molecule has 138 valence electrons. The summed E-state index contributed by atoms with van der Waals surface area (Å²) in [5.74, 6) is -1.40. The Kier molecular flexibility index (Phi) is 6.01. The minimum absolute atomic E-state index is 0.0128. The number of sulfonamides is 1. The summed E-state index contributed by atoms with van der Waals surface area (Å²) in [7, 11) is -2.36. The van der Waals surface area contributed by atoms with E-state index in [1.54, 1.807) is 26.0 Å². The lowest BCUT2D eigenvalue weighted by molar-refractivity contribution is -0.119. The number of hydrogen-bond donors (Lipinski definition) is 2. The molecular weight excluding hydrogens is 360 g/mol. The van der Waals surface area contributed by atoms with Crippen molar-refractivity contribution in [2.24, 2.45) is 0 Å². The second-order valence-electron chi connectivity index (χ2n) is 5.36. The molecule has 0 aliphatic carbocycles. The zero-order valence-corrected chi connectivity index (χ0v) is 15.3. The van der Waals surface area contributed by atoms with Crippen LogP contribution in [0.25, 0.3) is 0 Å². The molecule has 2 rings (SSSR count). The highest BCUT2D eigenvalue weighted by Crippen LogP contribution is 2.19. The topological polar surface area (TPSA) is 127 Å². The van der Waals surface area contributed by atoms with Crippen LogP contribution in [0.5, 0.6) is 0 Å². The number of esters is 1. The third-order valence-corrected chi connectivity index (χ3v) is 4.91. The van der Waals surface area contributed by atoms with Crippen molar-refractivity contribution in [2.45, 2.75) is 18.7 Å². The smallest absolute Gasteiger partial charge is 0.359 e. The monoisotopic (exact) mass is 378 g/mol. The molecule has 0 bridgehead atoms. The van der Waals surface area contributed by atoms with Crippen molar-refractivity contribution in [1.82, 2.24) is 14.7 Å². The molecule has 0 saturated heterocycles. The van der Waals surface area contributed by atoms with Gasteiger partial charge >= 0.3 is 5.97 Å². The minimum Gasteiger partial charge on any atom is -0.451 e. The average molecular weight is 378 g/mol. The molecule has 0 unspecified atom stereocenters. The predicted octanol–water partition coefficient (Wildman–Crippen LogP) is 0.797. The van der Waals surface area contributed by atoms with Crippen LogP contribution in [0.4, 0.5) is 5.69 Å². The molecule has 0 aliphatic rings. The van der Waals surface area contributed by atoms with Crippen LogP contribution >= 0.6 is 0 Å². The SMILES string of the molecule is CNS(=O)(=O)c1cc(NC(=O)COC(=O)c2cnc(C)cn2)ccc1C. The van der Waals surface area contributed by atoms with Crippen molar-refractivity contribution in [3.8, 4) is 0 Å². The van der Waals surface area contributed by atoms with Crippen LogP contribution in [0, 0.1) is 13.8 Å². The molecule has 0 fully saturated rings. The molecule has 9 nitrogen and oxygen atoms in total. The molecule has 0 atom stereocenters. The van der Waals surface area contributed by atoms with E-state index in [1.807, 2.05) is 0 Å². The number of amides is 1.